The number of aliphatic hydroxyl groups is 1. The largest absolute Gasteiger partial charge is 0.508 e. The first-order valence-corrected chi connectivity index (χ1v) is 12.9. The summed E-state index contributed by atoms with van der Waals surface area (Å²) in [6.07, 6.45) is 13.4. The van der Waals surface area contributed by atoms with E-state index in [0.29, 0.717) is 32.3 Å². The fraction of sp³-hybridized carbons (Fsp3) is 0.741. The second-order valence-corrected chi connectivity index (χ2v) is 9.15. The first-order chi connectivity index (χ1) is 15.6. The van der Waals surface area contributed by atoms with Crippen molar-refractivity contribution in [3.63, 3.8) is 0 Å². The molecule has 0 aliphatic heterocycles. The van der Waals surface area contributed by atoms with Gasteiger partial charge in [-0.3, -0.25) is 0 Å². The molecule has 0 saturated heterocycles. The van der Waals surface area contributed by atoms with Gasteiger partial charge in [-0.1, -0.05) is 77.3 Å². The van der Waals surface area contributed by atoms with Crippen molar-refractivity contribution >= 4 is 6.16 Å². The molecule has 0 spiro atoms. The number of unbranched alkanes of at least 4 members (excludes halogenated alkanes) is 8. The van der Waals surface area contributed by atoms with Gasteiger partial charge in [-0.2, -0.15) is 0 Å². The summed E-state index contributed by atoms with van der Waals surface area (Å²) in [6, 6.07) is 7.82. The average molecular weight is 449 g/mol. The third kappa shape index (κ3) is 9.81. The molecule has 1 aromatic carbocycles. The zero-order chi connectivity index (χ0) is 23.1. The smallest absolute Gasteiger partial charge is 0.494 e. The van der Waals surface area contributed by atoms with E-state index in [1.54, 1.807) is 0 Å². The highest BCUT2D eigenvalue weighted by atomic mass is 16.7. The predicted molar refractivity (Wildman–Crippen MR) is 128 cm³/mol. The van der Waals surface area contributed by atoms with Crippen LogP contribution in [-0.4, -0.2) is 30.6 Å². The van der Waals surface area contributed by atoms with Gasteiger partial charge in [0.15, 0.2) is 0 Å². The Hall–Kier alpha value is -1.75. The summed E-state index contributed by atoms with van der Waals surface area (Å²) in [5.41, 5.74) is 0.0308. The van der Waals surface area contributed by atoms with Crippen LogP contribution in [-0.2, 0) is 15.1 Å². The van der Waals surface area contributed by atoms with Crippen LogP contribution < -0.4 is 4.74 Å². The van der Waals surface area contributed by atoms with Crippen molar-refractivity contribution in [3.05, 3.63) is 29.8 Å². The minimum atomic E-state index is -0.873. The molecule has 5 heteroatoms. The van der Waals surface area contributed by atoms with Gasteiger partial charge < -0.3 is 19.3 Å². The van der Waals surface area contributed by atoms with E-state index in [4.69, 9.17) is 14.2 Å². The molecule has 1 aliphatic rings. The normalized spacial score (nSPS) is 20.7. The fourth-order valence-electron chi connectivity index (χ4n) is 4.26. The molecule has 0 amide bonds. The van der Waals surface area contributed by atoms with E-state index < -0.39 is 11.8 Å². The maximum atomic E-state index is 11.9. The lowest BCUT2D eigenvalue weighted by Crippen LogP contribution is -2.35. The second-order valence-electron chi connectivity index (χ2n) is 9.15. The highest BCUT2D eigenvalue weighted by Crippen LogP contribution is 2.38. The molecule has 1 aliphatic carbocycles. The van der Waals surface area contributed by atoms with E-state index in [2.05, 4.69) is 13.8 Å². The molecule has 182 valence electrons. The third-order valence-electron chi connectivity index (χ3n) is 6.40. The van der Waals surface area contributed by atoms with Gasteiger partial charge in [-0.05, 0) is 56.2 Å². The summed E-state index contributed by atoms with van der Waals surface area (Å²) >= 11 is 0. The standard InChI is InChI=1S/C27H44O5/c1-3-5-7-9-10-12-21-30-24-15-13-23(14-16-24)27(29)19-17-25(18-20-27)32-26(28)31-22-11-8-6-4-2/h13-16,25,29H,3-12,17-22H2,1-2H3. The topological polar surface area (TPSA) is 65.0 Å². The number of benzene rings is 1. The molecule has 0 bridgehead atoms. The Morgan fingerprint density at radius 1 is 0.875 bits per heavy atom. The number of hydrogen-bond donors (Lipinski definition) is 1. The summed E-state index contributed by atoms with van der Waals surface area (Å²) < 4.78 is 16.5. The molecule has 0 unspecified atom stereocenters. The SMILES string of the molecule is CCCCCCCCOc1ccc(C2(O)CCC(OC(=O)OCCCCCC)CC2)cc1. The van der Waals surface area contributed by atoms with Gasteiger partial charge in [0.05, 0.1) is 18.8 Å². The number of rotatable bonds is 15. The van der Waals surface area contributed by atoms with Crippen LogP contribution in [0, 0.1) is 0 Å². The highest BCUT2D eigenvalue weighted by Gasteiger charge is 2.36. The van der Waals surface area contributed by atoms with Gasteiger partial charge in [0.25, 0.3) is 0 Å². The zero-order valence-corrected chi connectivity index (χ0v) is 20.3. The third-order valence-corrected chi connectivity index (χ3v) is 6.40. The number of ether oxygens (including phenoxy) is 3. The van der Waals surface area contributed by atoms with Crippen LogP contribution in [0.15, 0.2) is 24.3 Å². The lowest BCUT2D eigenvalue weighted by atomic mass is 9.78. The van der Waals surface area contributed by atoms with Crippen molar-refractivity contribution in [2.75, 3.05) is 13.2 Å². The maximum absolute atomic E-state index is 11.9. The minimum Gasteiger partial charge on any atom is -0.494 e. The van der Waals surface area contributed by atoms with Crippen LogP contribution in [0.3, 0.4) is 0 Å². The van der Waals surface area contributed by atoms with Crippen molar-refractivity contribution in [2.24, 2.45) is 0 Å². The Balaban J connectivity index is 1.66. The van der Waals surface area contributed by atoms with Gasteiger partial charge in [0.2, 0.25) is 0 Å². The molecule has 1 N–H and O–H groups in total. The monoisotopic (exact) mass is 448 g/mol. The van der Waals surface area contributed by atoms with Crippen molar-refractivity contribution in [1.82, 2.24) is 0 Å². The Labute approximate surface area is 194 Å². The second kappa shape index (κ2) is 15.2. The van der Waals surface area contributed by atoms with Crippen molar-refractivity contribution in [2.45, 2.75) is 115 Å². The molecule has 0 atom stereocenters. The molecule has 5 nitrogen and oxygen atoms in total. The Bertz CT molecular complexity index is 619. The van der Waals surface area contributed by atoms with Crippen molar-refractivity contribution < 1.29 is 24.1 Å². The predicted octanol–water partition coefficient (Wildman–Crippen LogP) is 7.29. The summed E-state index contributed by atoms with van der Waals surface area (Å²) in [7, 11) is 0. The van der Waals surface area contributed by atoms with Crippen LogP contribution in [0.2, 0.25) is 0 Å². The molecule has 0 heterocycles. The van der Waals surface area contributed by atoms with E-state index in [-0.39, 0.29) is 6.10 Å². The van der Waals surface area contributed by atoms with Crippen LogP contribution >= 0.6 is 0 Å². The van der Waals surface area contributed by atoms with Crippen LogP contribution in [0.1, 0.15) is 109 Å². The molecule has 32 heavy (non-hydrogen) atoms. The molecule has 0 aromatic heterocycles. The Kier molecular flexibility index (Phi) is 12.5. The van der Waals surface area contributed by atoms with E-state index in [1.165, 1.54) is 32.1 Å². The van der Waals surface area contributed by atoms with Crippen molar-refractivity contribution in [1.29, 1.82) is 0 Å². The van der Waals surface area contributed by atoms with E-state index >= 15 is 0 Å². The van der Waals surface area contributed by atoms with E-state index in [9.17, 15) is 9.90 Å². The molecule has 2 rings (SSSR count). The average Bonchev–Trinajstić information content (AvgIpc) is 2.80. The van der Waals surface area contributed by atoms with Crippen LogP contribution in [0.25, 0.3) is 0 Å². The molecule has 0 radical (unpaired) electrons. The first kappa shape index (κ1) is 26.5. The van der Waals surface area contributed by atoms with E-state index in [0.717, 1.165) is 50.0 Å². The number of hydrogen-bond acceptors (Lipinski definition) is 5. The van der Waals surface area contributed by atoms with Gasteiger partial charge in [-0.25, -0.2) is 4.79 Å². The van der Waals surface area contributed by atoms with Crippen LogP contribution in [0.5, 0.6) is 5.75 Å². The lowest BCUT2D eigenvalue weighted by Gasteiger charge is -2.36. The Morgan fingerprint density at radius 3 is 2.09 bits per heavy atom. The van der Waals surface area contributed by atoms with Crippen LogP contribution in [0.4, 0.5) is 4.79 Å². The number of carbonyl (C=O) groups is 1. The number of carbonyl (C=O) groups excluding carboxylic acids is 1. The zero-order valence-electron chi connectivity index (χ0n) is 20.3. The highest BCUT2D eigenvalue weighted by molar-refractivity contribution is 5.60. The van der Waals surface area contributed by atoms with Gasteiger partial charge in [0, 0.05) is 0 Å². The molecular weight excluding hydrogens is 404 g/mol. The molecule has 1 fully saturated rings. The molecule has 1 aromatic rings. The van der Waals surface area contributed by atoms with Crippen molar-refractivity contribution in [3.8, 4) is 5.75 Å². The maximum Gasteiger partial charge on any atom is 0.508 e. The fourth-order valence-corrected chi connectivity index (χ4v) is 4.26. The van der Waals surface area contributed by atoms with E-state index in [1.807, 2.05) is 24.3 Å². The van der Waals surface area contributed by atoms with Gasteiger partial charge >= 0.3 is 6.16 Å². The minimum absolute atomic E-state index is 0.182. The quantitative estimate of drug-likeness (QED) is 0.225. The summed E-state index contributed by atoms with van der Waals surface area (Å²) in [4.78, 5) is 11.9. The summed E-state index contributed by atoms with van der Waals surface area (Å²) in [6.45, 7) is 5.54. The Morgan fingerprint density at radius 2 is 1.44 bits per heavy atom. The lowest BCUT2D eigenvalue weighted by molar-refractivity contribution is -0.0538. The molecule has 1 saturated carbocycles. The molecular formula is C27H44O5. The summed E-state index contributed by atoms with van der Waals surface area (Å²) in [5.74, 6) is 0.851. The summed E-state index contributed by atoms with van der Waals surface area (Å²) in [5, 5.41) is 11.1. The first-order valence-electron chi connectivity index (χ1n) is 12.9. The van der Waals surface area contributed by atoms with Gasteiger partial charge in [0.1, 0.15) is 11.9 Å². The van der Waals surface area contributed by atoms with Gasteiger partial charge in [-0.15, -0.1) is 0 Å².